The van der Waals surface area contributed by atoms with Crippen LogP contribution < -0.4 is 0 Å². The summed E-state index contributed by atoms with van der Waals surface area (Å²) in [6.45, 7) is 1.97. The fourth-order valence-corrected chi connectivity index (χ4v) is 1.55. The van der Waals surface area contributed by atoms with Crippen LogP contribution in [-0.2, 0) is 11.2 Å². The molecule has 0 aliphatic carbocycles. The Bertz CT molecular complexity index is 460. The fourth-order valence-electron chi connectivity index (χ4n) is 1.55. The molecule has 0 aliphatic heterocycles. The highest BCUT2D eigenvalue weighted by Gasteiger charge is 2.14. The van der Waals surface area contributed by atoms with Gasteiger partial charge in [-0.2, -0.15) is 5.26 Å². The number of aldehydes is 1. The first-order valence-corrected chi connectivity index (χ1v) is 5.35. The second-order valence-electron chi connectivity index (χ2n) is 3.37. The maximum Gasteiger partial charge on any atom is 0.338 e. The third kappa shape index (κ3) is 3.15. The number of hydrogen-bond donors (Lipinski definition) is 0. The van der Waals surface area contributed by atoms with E-state index in [2.05, 4.69) is 0 Å². The summed E-state index contributed by atoms with van der Waals surface area (Å²) in [6.07, 6.45) is 1.41. The lowest BCUT2D eigenvalue weighted by Gasteiger charge is -2.08. The molecule has 0 unspecified atom stereocenters. The Hall–Kier alpha value is -2.15. The SMILES string of the molecule is CCOC(=O)c1cccc(CCC#N)c1C=O. The van der Waals surface area contributed by atoms with Gasteiger partial charge in [-0.15, -0.1) is 0 Å². The van der Waals surface area contributed by atoms with Crippen molar-refractivity contribution in [2.45, 2.75) is 19.8 Å². The van der Waals surface area contributed by atoms with E-state index in [9.17, 15) is 9.59 Å². The van der Waals surface area contributed by atoms with Crippen LogP contribution in [0.5, 0.6) is 0 Å². The molecule has 0 radical (unpaired) electrons. The number of hydrogen-bond acceptors (Lipinski definition) is 4. The first-order chi connectivity index (χ1) is 8.24. The number of rotatable bonds is 5. The van der Waals surface area contributed by atoms with E-state index in [4.69, 9.17) is 10.00 Å². The Morgan fingerprint density at radius 3 is 2.88 bits per heavy atom. The summed E-state index contributed by atoms with van der Waals surface area (Å²) in [5.74, 6) is -0.506. The first-order valence-electron chi connectivity index (χ1n) is 5.35. The molecule has 4 nitrogen and oxygen atoms in total. The summed E-state index contributed by atoms with van der Waals surface area (Å²) >= 11 is 0. The normalized spacial score (nSPS) is 9.41. The van der Waals surface area contributed by atoms with Crippen LogP contribution in [-0.4, -0.2) is 18.9 Å². The molecule has 0 saturated carbocycles. The zero-order valence-electron chi connectivity index (χ0n) is 9.60. The molecule has 1 rings (SSSR count). The second kappa shape index (κ2) is 6.44. The number of aryl methyl sites for hydroxylation is 1. The number of nitriles is 1. The molecule has 1 aromatic rings. The molecule has 0 atom stereocenters. The van der Waals surface area contributed by atoms with Gasteiger partial charge in [-0.1, -0.05) is 12.1 Å². The fraction of sp³-hybridized carbons (Fsp3) is 0.308. The van der Waals surface area contributed by atoms with E-state index < -0.39 is 5.97 Å². The van der Waals surface area contributed by atoms with E-state index in [1.165, 1.54) is 0 Å². The van der Waals surface area contributed by atoms with E-state index in [0.29, 0.717) is 30.3 Å². The lowest BCUT2D eigenvalue weighted by atomic mass is 9.99. The third-order valence-electron chi connectivity index (χ3n) is 2.32. The average molecular weight is 231 g/mol. The van der Waals surface area contributed by atoms with Crippen molar-refractivity contribution in [3.05, 3.63) is 34.9 Å². The van der Waals surface area contributed by atoms with Crippen LogP contribution >= 0.6 is 0 Å². The maximum absolute atomic E-state index is 11.6. The van der Waals surface area contributed by atoms with Gasteiger partial charge in [0.05, 0.1) is 18.2 Å². The molecule has 0 bridgehead atoms. The van der Waals surface area contributed by atoms with Gasteiger partial charge in [0.1, 0.15) is 0 Å². The molecule has 0 fully saturated rings. The third-order valence-corrected chi connectivity index (χ3v) is 2.32. The number of benzene rings is 1. The number of esters is 1. The van der Waals surface area contributed by atoms with Crippen molar-refractivity contribution in [3.8, 4) is 6.07 Å². The molecule has 0 amide bonds. The lowest BCUT2D eigenvalue weighted by Crippen LogP contribution is -2.09. The molecule has 0 N–H and O–H groups in total. The number of ether oxygens (including phenoxy) is 1. The number of nitrogens with zero attached hydrogens (tertiary/aromatic N) is 1. The molecular weight excluding hydrogens is 218 g/mol. The van der Waals surface area contributed by atoms with Crippen LogP contribution in [0.15, 0.2) is 18.2 Å². The Kier molecular flexibility index (Phi) is 4.89. The van der Waals surface area contributed by atoms with E-state index in [1.807, 2.05) is 6.07 Å². The zero-order valence-corrected chi connectivity index (χ0v) is 9.60. The van der Waals surface area contributed by atoms with Crippen molar-refractivity contribution in [3.63, 3.8) is 0 Å². The molecule has 88 valence electrons. The minimum atomic E-state index is -0.506. The summed E-state index contributed by atoms with van der Waals surface area (Å²) in [5, 5.41) is 8.52. The summed E-state index contributed by atoms with van der Waals surface area (Å²) in [6, 6.07) is 6.99. The van der Waals surface area contributed by atoms with E-state index in [0.717, 1.165) is 0 Å². The van der Waals surface area contributed by atoms with Crippen molar-refractivity contribution in [2.24, 2.45) is 0 Å². The standard InChI is InChI=1S/C13H13NO3/c1-2-17-13(16)11-7-3-5-10(6-4-8-14)12(11)9-15/h3,5,7,9H,2,4,6H2,1H3. The van der Waals surface area contributed by atoms with Crippen LogP contribution in [0, 0.1) is 11.3 Å². The van der Waals surface area contributed by atoms with Gasteiger partial charge < -0.3 is 4.74 Å². The van der Waals surface area contributed by atoms with Crippen molar-refractivity contribution in [1.82, 2.24) is 0 Å². The predicted octanol–water partition coefficient (Wildman–Crippen LogP) is 2.13. The van der Waals surface area contributed by atoms with Crippen LogP contribution in [0.25, 0.3) is 0 Å². The van der Waals surface area contributed by atoms with E-state index in [-0.39, 0.29) is 12.2 Å². The predicted molar refractivity (Wildman–Crippen MR) is 61.7 cm³/mol. The maximum atomic E-state index is 11.6. The summed E-state index contributed by atoms with van der Waals surface area (Å²) in [4.78, 5) is 22.6. The van der Waals surface area contributed by atoms with Gasteiger partial charge in [-0.3, -0.25) is 4.79 Å². The minimum absolute atomic E-state index is 0.261. The van der Waals surface area contributed by atoms with Gasteiger partial charge >= 0.3 is 5.97 Å². The van der Waals surface area contributed by atoms with Gasteiger partial charge in [0.15, 0.2) is 6.29 Å². The molecule has 0 aromatic heterocycles. The molecule has 0 saturated heterocycles. The summed E-state index contributed by atoms with van der Waals surface area (Å²) in [5.41, 5.74) is 1.28. The van der Waals surface area contributed by atoms with Crippen molar-refractivity contribution in [2.75, 3.05) is 6.61 Å². The monoisotopic (exact) mass is 231 g/mol. The van der Waals surface area contributed by atoms with Crippen LogP contribution in [0.1, 0.15) is 39.6 Å². The van der Waals surface area contributed by atoms with Crippen molar-refractivity contribution >= 4 is 12.3 Å². The van der Waals surface area contributed by atoms with Gasteiger partial charge in [0, 0.05) is 12.0 Å². The summed E-state index contributed by atoms with van der Waals surface area (Å²) in [7, 11) is 0. The molecule has 0 aliphatic rings. The Morgan fingerprint density at radius 1 is 1.53 bits per heavy atom. The molecule has 0 spiro atoms. The van der Waals surface area contributed by atoms with E-state index in [1.54, 1.807) is 25.1 Å². The highest BCUT2D eigenvalue weighted by Crippen LogP contribution is 2.15. The Labute approximate surface area is 99.8 Å². The van der Waals surface area contributed by atoms with Crippen molar-refractivity contribution in [1.29, 1.82) is 5.26 Å². The molecule has 0 heterocycles. The second-order valence-corrected chi connectivity index (χ2v) is 3.37. The van der Waals surface area contributed by atoms with Gasteiger partial charge in [-0.25, -0.2) is 4.79 Å². The highest BCUT2D eigenvalue weighted by molar-refractivity contribution is 5.99. The first kappa shape index (κ1) is 12.9. The Balaban J connectivity index is 3.10. The number of carbonyl (C=O) groups is 2. The highest BCUT2D eigenvalue weighted by atomic mass is 16.5. The summed E-state index contributed by atoms with van der Waals surface area (Å²) < 4.78 is 4.87. The lowest BCUT2D eigenvalue weighted by molar-refractivity contribution is 0.0524. The molecule has 17 heavy (non-hydrogen) atoms. The largest absolute Gasteiger partial charge is 0.462 e. The molecular formula is C13H13NO3. The van der Waals surface area contributed by atoms with Crippen LogP contribution in [0.2, 0.25) is 0 Å². The minimum Gasteiger partial charge on any atom is -0.462 e. The average Bonchev–Trinajstić information content (AvgIpc) is 2.36. The molecule has 4 heteroatoms. The van der Waals surface area contributed by atoms with Crippen LogP contribution in [0.4, 0.5) is 0 Å². The zero-order chi connectivity index (χ0) is 12.7. The van der Waals surface area contributed by atoms with E-state index >= 15 is 0 Å². The number of carbonyl (C=O) groups excluding carboxylic acids is 2. The Morgan fingerprint density at radius 2 is 2.29 bits per heavy atom. The van der Waals surface area contributed by atoms with Crippen LogP contribution in [0.3, 0.4) is 0 Å². The van der Waals surface area contributed by atoms with Gasteiger partial charge in [0.2, 0.25) is 0 Å². The quantitative estimate of drug-likeness (QED) is 0.575. The van der Waals surface area contributed by atoms with Crippen molar-refractivity contribution < 1.29 is 14.3 Å². The molecule has 1 aromatic carbocycles. The smallest absolute Gasteiger partial charge is 0.338 e. The topological polar surface area (TPSA) is 67.2 Å². The van der Waals surface area contributed by atoms with Gasteiger partial charge in [-0.05, 0) is 25.0 Å². The van der Waals surface area contributed by atoms with Gasteiger partial charge in [0.25, 0.3) is 0 Å².